The fraction of sp³-hybridized carbons (Fsp3) is 0.227. The van der Waals surface area contributed by atoms with E-state index in [0.29, 0.717) is 27.8 Å². The Morgan fingerprint density at radius 1 is 1.07 bits per heavy atom. The lowest BCUT2D eigenvalue weighted by atomic mass is 10.0. The molecule has 0 spiro atoms. The first kappa shape index (κ1) is 19.4. The van der Waals surface area contributed by atoms with E-state index in [-0.39, 0.29) is 31.0 Å². The summed E-state index contributed by atoms with van der Waals surface area (Å²) in [7, 11) is 0. The second-order valence-corrected chi connectivity index (χ2v) is 6.21. The van der Waals surface area contributed by atoms with Gasteiger partial charge in [0.05, 0.1) is 18.6 Å². The highest BCUT2D eigenvalue weighted by molar-refractivity contribution is 5.97. The molecular formula is C22H20O6. The Labute approximate surface area is 161 Å². The van der Waals surface area contributed by atoms with Crippen LogP contribution in [0, 0.1) is 6.92 Å². The molecule has 3 aromatic rings. The van der Waals surface area contributed by atoms with Crippen molar-refractivity contribution in [2.24, 2.45) is 0 Å². The van der Waals surface area contributed by atoms with Gasteiger partial charge in [-0.15, -0.1) is 0 Å². The summed E-state index contributed by atoms with van der Waals surface area (Å²) in [6.07, 6.45) is -0.137. The van der Waals surface area contributed by atoms with Crippen molar-refractivity contribution in [2.75, 3.05) is 13.2 Å². The number of aryl methyl sites for hydroxylation is 1. The normalized spacial score (nSPS) is 10.6. The van der Waals surface area contributed by atoms with E-state index in [1.54, 1.807) is 56.3 Å². The van der Waals surface area contributed by atoms with Gasteiger partial charge in [0.25, 0.3) is 0 Å². The highest BCUT2D eigenvalue weighted by Crippen LogP contribution is 2.24. The van der Waals surface area contributed by atoms with Gasteiger partial charge in [-0.1, -0.05) is 30.3 Å². The van der Waals surface area contributed by atoms with E-state index in [9.17, 15) is 14.4 Å². The second kappa shape index (κ2) is 8.52. The Hall–Kier alpha value is -3.41. The number of Topliss-reactive ketones (excluding diaryl/α,β-unsaturated/α-hetero) is 1. The van der Waals surface area contributed by atoms with Crippen LogP contribution in [0.5, 0.6) is 5.75 Å². The van der Waals surface area contributed by atoms with Gasteiger partial charge in [-0.3, -0.25) is 9.59 Å². The molecule has 0 N–H and O–H groups in total. The van der Waals surface area contributed by atoms with Crippen LogP contribution in [-0.2, 0) is 16.0 Å². The molecule has 144 valence electrons. The van der Waals surface area contributed by atoms with Gasteiger partial charge in [0.15, 0.2) is 12.4 Å². The Morgan fingerprint density at radius 2 is 1.82 bits per heavy atom. The van der Waals surface area contributed by atoms with Crippen molar-refractivity contribution in [2.45, 2.75) is 20.3 Å². The molecule has 28 heavy (non-hydrogen) atoms. The molecule has 1 aromatic heterocycles. The number of fused-ring (bicyclic) bond motifs is 1. The number of carbonyl (C=O) groups excluding carboxylic acids is 2. The third kappa shape index (κ3) is 4.28. The summed E-state index contributed by atoms with van der Waals surface area (Å²) in [4.78, 5) is 36.2. The van der Waals surface area contributed by atoms with Crippen LogP contribution >= 0.6 is 0 Å². The highest BCUT2D eigenvalue weighted by atomic mass is 16.5. The summed E-state index contributed by atoms with van der Waals surface area (Å²) in [5.41, 5.74) is 1.25. The molecule has 0 radical (unpaired) electrons. The van der Waals surface area contributed by atoms with Gasteiger partial charge in [-0.2, -0.15) is 0 Å². The lowest BCUT2D eigenvalue weighted by Gasteiger charge is -2.10. The Balaban J connectivity index is 1.81. The first-order valence-electron chi connectivity index (χ1n) is 8.92. The quantitative estimate of drug-likeness (QED) is 0.355. The molecule has 0 aliphatic carbocycles. The summed E-state index contributed by atoms with van der Waals surface area (Å²) in [5, 5.41) is 0.695. The minimum absolute atomic E-state index is 0.125. The zero-order valence-electron chi connectivity index (χ0n) is 15.7. The Kier molecular flexibility index (Phi) is 5.89. The minimum atomic E-state index is -0.587. The number of carbonyl (C=O) groups is 2. The maximum absolute atomic E-state index is 12.3. The second-order valence-electron chi connectivity index (χ2n) is 6.21. The molecule has 0 saturated carbocycles. The fourth-order valence-electron chi connectivity index (χ4n) is 2.88. The molecule has 6 nitrogen and oxygen atoms in total. The van der Waals surface area contributed by atoms with Crippen LogP contribution in [0.3, 0.4) is 0 Å². The molecule has 0 saturated heterocycles. The zero-order chi connectivity index (χ0) is 20.1. The monoisotopic (exact) mass is 380 g/mol. The number of ketones is 1. The van der Waals surface area contributed by atoms with E-state index in [0.717, 1.165) is 0 Å². The standard InChI is InChI=1S/C22H20O6/c1-3-26-21(24)12-18-14(2)17-10-9-16(11-20(17)28-22(18)25)27-13-19(23)15-7-5-4-6-8-15/h4-11H,3,12-13H2,1-2H3. The average Bonchev–Trinajstić information content (AvgIpc) is 2.70. The molecule has 1 heterocycles. The molecule has 0 aliphatic rings. The van der Waals surface area contributed by atoms with E-state index in [2.05, 4.69) is 0 Å². The van der Waals surface area contributed by atoms with Crippen LogP contribution in [-0.4, -0.2) is 25.0 Å². The topological polar surface area (TPSA) is 82.8 Å². The van der Waals surface area contributed by atoms with Crippen LogP contribution in [0.2, 0.25) is 0 Å². The molecule has 2 aromatic carbocycles. The van der Waals surface area contributed by atoms with E-state index in [1.165, 1.54) is 0 Å². The van der Waals surface area contributed by atoms with Crippen molar-refractivity contribution < 1.29 is 23.5 Å². The lowest BCUT2D eigenvalue weighted by Crippen LogP contribution is -2.17. The third-order valence-corrected chi connectivity index (χ3v) is 4.35. The number of hydrogen-bond acceptors (Lipinski definition) is 6. The van der Waals surface area contributed by atoms with E-state index < -0.39 is 11.6 Å². The first-order valence-corrected chi connectivity index (χ1v) is 8.92. The maximum atomic E-state index is 12.3. The van der Waals surface area contributed by atoms with Crippen LogP contribution in [0.25, 0.3) is 11.0 Å². The van der Waals surface area contributed by atoms with Crippen molar-refractivity contribution in [1.29, 1.82) is 0 Å². The zero-order valence-corrected chi connectivity index (χ0v) is 15.7. The number of rotatable bonds is 7. The molecule has 0 atom stereocenters. The van der Waals surface area contributed by atoms with E-state index >= 15 is 0 Å². The largest absolute Gasteiger partial charge is 0.485 e. The van der Waals surface area contributed by atoms with Gasteiger partial charge in [0.1, 0.15) is 11.3 Å². The van der Waals surface area contributed by atoms with Gasteiger partial charge in [0, 0.05) is 17.0 Å². The number of hydrogen-bond donors (Lipinski definition) is 0. The van der Waals surface area contributed by atoms with Gasteiger partial charge >= 0.3 is 11.6 Å². The van der Waals surface area contributed by atoms with Crippen LogP contribution in [0.1, 0.15) is 28.4 Å². The number of esters is 1. The summed E-state index contributed by atoms with van der Waals surface area (Å²) in [5.74, 6) is -0.211. The van der Waals surface area contributed by atoms with Crippen molar-refractivity contribution in [3.8, 4) is 5.75 Å². The summed E-state index contributed by atoms with van der Waals surface area (Å²) >= 11 is 0. The maximum Gasteiger partial charge on any atom is 0.340 e. The molecule has 0 amide bonds. The first-order chi connectivity index (χ1) is 13.5. The summed E-state index contributed by atoms with van der Waals surface area (Å²) in [6.45, 7) is 3.59. The molecule has 0 unspecified atom stereocenters. The molecule has 3 rings (SSSR count). The van der Waals surface area contributed by atoms with Crippen LogP contribution in [0.4, 0.5) is 0 Å². The van der Waals surface area contributed by atoms with Crippen molar-refractivity contribution in [3.63, 3.8) is 0 Å². The Bertz CT molecular complexity index is 1070. The van der Waals surface area contributed by atoms with E-state index in [4.69, 9.17) is 13.9 Å². The summed E-state index contributed by atoms with van der Waals surface area (Å²) in [6, 6.07) is 13.9. The fourth-order valence-corrected chi connectivity index (χ4v) is 2.88. The molecule has 0 bridgehead atoms. The third-order valence-electron chi connectivity index (χ3n) is 4.35. The molecule has 6 heteroatoms. The Morgan fingerprint density at radius 3 is 2.54 bits per heavy atom. The molecular weight excluding hydrogens is 360 g/mol. The van der Waals surface area contributed by atoms with Crippen molar-refractivity contribution in [1.82, 2.24) is 0 Å². The van der Waals surface area contributed by atoms with Gasteiger partial charge in [-0.25, -0.2) is 4.79 Å². The van der Waals surface area contributed by atoms with Crippen molar-refractivity contribution >= 4 is 22.7 Å². The number of ether oxygens (including phenoxy) is 2. The van der Waals surface area contributed by atoms with Gasteiger partial charge < -0.3 is 13.9 Å². The minimum Gasteiger partial charge on any atom is -0.485 e. The number of benzene rings is 2. The van der Waals surface area contributed by atoms with Gasteiger partial charge in [-0.05, 0) is 31.5 Å². The highest BCUT2D eigenvalue weighted by Gasteiger charge is 2.16. The van der Waals surface area contributed by atoms with Crippen LogP contribution in [0.15, 0.2) is 57.7 Å². The lowest BCUT2D eigenvalue weighted by molar-refractivity contribution is -0.142. The molecule has 0 aliphatic heterocycles. The smallest absolute Gasteiger partial charge is 0.340 e. The summed E-state index contributed by atoms with van der Waals surface area (Å²) < 4.78 is 15.8. The SMILES string of the molecule is CCOC(=O)Cc1c(C)c2ccc(OCC(=O)c3ccccc3)cc2oc1=O. The van der Waals surface area contributed by atoms with Crippen molar-refractivity contribution in [3.05, 3.63) is 75.6 Å². The predicted octanol–water partition coefficient (Wildman–Crippen LogP) is 3.47. The van der Waals surface area contributed by atoms with Crippen LogP contribution < -0.4 is 10.4 Å². The average molecular weight is 380 g/mol. The molecule has 0 fully saturated rings. The van der Waals surface area contributed by atoms with E-state index in [1.807, 2.05) is 6.07 Å². The predicted molar refractivity (Wildman–Crippen MR) is 104 cm³/mol. The van der Waals surface area contributed by atoms with Gasteiger partial charge in [0.2, 0.25) is 0 Å².